The second-order valence-corrected chi connectivity index (χ2v) is 20.4. The second-order valence-electron chi connectivity index (χ2n) is 19.1. The smallest absolute Gasteiger partial charge is 0.247 e. The molecule has 0 aliphatic heterocycles. The molecule has 16 N–H and O–H groups in total. The zero-order valence-corrected chi connectivity index (χ0v) is 54.3. The van der Waals surface area contributed by atoms with Crippen molar-refractivity contribution >= 4 is 144 Å². The van der Waals surface area contributed by atoms with Gasteiger partial charge in [0.15, 0.2) is 6.07 Å². The van der Waals surface area contributed by atoms with Crippen LogP contribution in [0.15, 0.2) is 238 Å². The van der Waals surface area contributed by atoms with Gasteiger partial charge < -0.3 is 65.3 Å². The first-order chi connectivity index (χ1) is 44.8. The third-order valence-corrected chi connectivity index (χ3v) is 12.5. The summed E-state index contributed by atoms with van der Waals surface area (Å²) < 4.78 is 4.36. The summed E-state index contributed by atoms with van der Waals surface area (Å²) in [5, 5.41) is 19.6. The average molecular weight is 1440 g/mol. The lowest BCUT2D eigenvalue weighted by atomic mass is 10.2. The van der Waals surface area contributed by atoms with Crippen molar-refractivity contribution in [3.8, 4) is 0 Å². The number of nitrogens with zero attached hydrogens (tertiary/aromatic N) is 8. The molecule has 534 valence electrons. The highest BCUT2D eigenvalue weighted by atomic mass is 35.5. The van der Waals surface area contributed by atoms with E-state index in [0.717, 1.165) is 62.2 Å². The van der Waals surface area contributed by atoms with E-state index in [9.17, 15) is 4.79 Å². The van der Waals surface area contributed by atoms with Crippen LogP contribution in [0.25, 0.3) is 0 Å². The van der Waals surface area contributed by atoms with E-state index in [1.807, 2.05) is 198 Å². The second kappa shape index (κ2) is 51.1. The third-order valence-electron chi connectivity index (χ3n) is 11.6. The molecule has 21 nitrogen and oxygen atoms in total. The summed E-state index contributed by atoms with van der Waals surface area (Å²) in [5.74, 6) is 2.91. The highest BCUT2D eigenvalue weighted by Gasteiger charge is 2.09. The number of alkyl halides is 1. The number of aromatic nitrogens is 8. The maximum atomic E-state index is 11.4. The van der Waals surface area contributed by atoms with Crippen molar-refractivity contribution in [2.45, 2.75) is 79.7 Å². The Bertz CT molecular complexity index is 4070. The number of hydrogen-bond acceptors (Lipinski definition) is 20. The van der Waals surface area contributed by atoms with Crippen LogP contribution in [0.1, 0.15) is 74.2 Å². The van der Waals surface area contributed by atoms with Crippen LogP contribution in [0.4, 0.5) is 91.9 Å². The van der Waals surface area contributed by atoms with Crippen LogP contribution in [-0.2, 0) is 9.53 Å². The molecule has 0 saturated heterocycles. The molecule has 7 aromatic carbocycles. The molecule has 11 aromatic rings. The summed E-state index contributed by atoms with van der Waals surface area (Å²) in [4.78, 5) is 44.5. The largest absolute Gasteiger partial charge is 0.486 e. The van der Waals surface area contributed by atoms with Crippen LogP contribution in [0.3, 0.4) is 0 Å². The van der Waals surface area contributed by atoms with Crippen molar-refractivity contribution in [1.82, 2.24) is 39.9 Å². The number of anilines is 16. The molecule has 4 heterocycles. The Hall–Kier alpha value is -11.2. The number of nitrogen functional groups attached to an aromatic ring is 5. The number of amides is 1. The van der Waals surface area contributed by atoms with Crippen LogP contribution < -0.4 is 60.6 Å². The number of carbonyl (C=O) groups excluding carboxylic acids is 1. The van der Waals surface area contributed by atoms with E-state index in [0.29, 0.717) is 57.1 Å². The molecule has 25 heteroatoms. The first-order valence-corrected chi connectivity index (χ1v) is 29.7. The summed E-state index contributed by atoms with van der Waals surface area (Å²) in [6.45, 7) is 14.3. The zero-order chi connectivity index (χ0) is 67.3. The van der Waals surface area contributed by atoms with E-state index in [2.05, 4.69) is 89.7 Å². The Morgan fingerprint density at radius 2 is 0.730 bits per heavy atom. The van der Waals surface area contributed by atoms with Crippen molar-refractivity contribution in [1.29, 1.82) is 0 Å². The van der Waals surface area contributed by atoms with Gasteiger partial charge in [-0.05, 0) is 166 Å². The summed E-state index contributed by atoms with van der Waals surface area (Å²) in [6, 6.07) is 58.8. The molecule has 0 saturated carbocycles. The van der Waals surface area contributed by atoms with Crippen LogP contribution in [0, 0.1) is 27.7 Å². The number of aryl methyl sites for hydroxylation is 4. The van der Waals surface area contributed by atoms with Gasteiger partial charge in [-0.15, -0.1) is 0 Å². The minimum Gasteiger partial charge on any atom is -0.486 e. The summed E-state index contributed by atoms with van der Waals surface area (Å²) in [5.41, 5.74) is 40.0. The molecule has 4 aromatic heterocycles. The summed E-state index contributed by atoms with van der Waals surface area (Å²) in [7, 11) is 0. The van der Waals surface area contributed by atoms with E-state index >= 15 is 0 Å². The minimum atomic E-state index is -0.255. The molecule has 0 unspecified atom stereocenters. The average Bonchev–Trinajstić information content (AvgIpc) is 0.857. The monoisotopic (exact) mass is 1440 g/mol. The topological polar surface area (TPSA) is 332 Å². The zero-order valence-electron chi connectivity index (χ0n) is 51.3. The van der Waals surface area contributed by atoms with Crippen molar-refractivity contribution in [2.24, 2.45) is 0 Å². The number of benzene rings is 7. The van der Waals surface area contributed by atoms with Crippen LogP contribution in [-0.4, -0.2) is 51.8 Å². The molecule has 0 fully saturated rings. The normalized spacial score (nSPS) is 9.00. The molecular formula is C75H99Cl4N19O2. The molecule has 0 aliphatic rings. The lowest BCUT2D eigenvalue weighted by Gasteiger charge is -2.12. The Morgan fingerprint density at radius 1 is 0.400 bits per heavy atom. The van der Waals surface area contributed by atoms with E-state index < -0.39 is 0 Å². The van der Waals surface area contributed by atoms with Crippen molar-refractivity contribution < 1.29 is 9.53 Å². The number of nitrogens with two attached hydrogens (primary N) is 5. The summed E-state index contributed by atoms with van der Waals surface area (Å²) >= 11 is 21.7. The lowest BCUT2D eigenvalue weighted by Crippen LogP contribution is -2.07. The van der Waals surface area contributed by atoms with Crippen LogP contribution in [0.5, 0.6) is 0 Å². The van der Waals surface area contributed by atoms with Gasteiger partial charge in [-0.1, -0.05) is 167 Å². The highest BCUT2D eigenvalue weighted by molar-refractivity contribution is 6.32. The van der Waals surface area contributed by atoms with Crippen LogP contribution >= 0.6 is 46.4 Å². The molecule has 0 spiro atoms. The Morgan fingerprint density at radius 3 is 1.07 bits per heavy atom. The highest BCUT2D eigenvalue weighted by Crippen LogP contribution is 2.26. The maximum Gasteiger partial charge on any atom is 0.247 e. The molecule has 0 aliphatic carbocycles. The van der Waals surface area contributed by atoms with Gasteiger partial charge in [-0.2, -0.15) is 9.97 Å². The Balaban J connectivity index is -0.00000116. The van der Waals surface area contributed by atoms with Gasteiger partial charge in [0.25, 0.3) is 0 Å². The molecule has 0 bridgehead atoms. The van der Waals surface area contributed by atoms with Gasteiger partial charge in [0.2, 0.25) is 28.4 Å². The van der Waals surface area contributed by atoms with Gasteiger partial charge in [0.05, 0.1) is 6.26 Å². The Labute approximate surface area is 612 Å². The number of ether oxygens (including phenoxy) is 1. The maximum absolute atomic E-state index is 11.4. The van der Waals surface area contributed by atoms with E-state index in [1.54, 1.807) is 43.0 Å². The van der Waals surface area contributed by atoms with Crippen LogP contribution in [0.2, 0.25) is 15.7 Å². The van der Waals surface area contributed by atoms with E-state index in [1.165, 1.54) is 12.3 Å². The fourth-order valence-electron chi connectivity index (χ4n) is 7.07. The minimum absolute atomic E-state index is 0. The Kier molecular flexibility index (Phi) is 47.5. The van der Waals surface area contributed by atoms with E-state index in [-0.39, 0.29) is 74.5 Å². The number of para-hydroxylation sites is 3. The molecule has 0 radical (unpaired) electrons. The van der Waals surface area contributed by atoms with Gasteiger partial charge in [-0.25, -0.2) is 29.9 Å². The molecular weight excluding hydrogens is 1340 g/mol. The first-order valence-electron chi connectivity index (χ1n) is 28.0. The summed E-state index contributed by atoms with van der Waals surface area (Å²) in [6.07, 6.45) is 9.32. The fourth-order valence-corrected chi connectivity index (χ4v) is 7.60. The van der Waals surface area contributed by atoms with E-state index in [4.69, 9.17) is 75.1 Å². The molecule has 100 heavy (non-hydrogen) atoms. The van der Waals surface area contributed by atoms with Crippen molar-refractivity contribution in [3.05, 3.63) is 276 Å². The van der Waals surface area contributed by atoms with Gasteiger partial charge in [0.1, 0.15) is 22.6 Å². The predicted molar refractivity (Wildman–Crippen MR) is 434 cm³/mol. The predicted octanol–water partition coefficient (Wildman–Crippen LogP) is 21.0. The van der Waals surface area contributed by atoms with Gasteiger partial charge in [-0.3, -0.25) is 4.79 Å². The van der Waals surface area contributed by atoms with Crippen molar-refractivity contribution in [3.63, 3.8) is 0 Å². The number of rotatable bonds is 14. The first kappa shape index (κ1) is 93.0. The molecule has 11 rings (SSSR count). The van der Waals surface area contributed by atoms with Gasteiger partial charge in [0, 0.05) is 110 Å². The number of halogens is 4. The van der Waals surface area contributed by atoms with Crippen molar-refractivity contribution in [2.75, 3.05) is 66.6 Å². The van der Waals surface area contributed by atoms with Gasteiger partial charge >= 0.3 is 0 Å². The number of hydrogen-bond donors (Lipinski definition) is 11. The molecule has 1 amide bonds. The number of carbonyl (C=O) groups is 1. The lowest BCUT2D eigenvalue weighted by molar-refractivity contribution is -0.111. The standard InChI is InChI=1S/C20H19N5O.C17H17N5.C11H11ClN4.C6H8N2.C6H7N.C5H4Cl2N2.C3H5ClO.7CH4/c1-3-18(26)22-16-10-7-11-17(12-16)23-19-14(2)13-21-20(25-19)24-15-8-5-4-6-9-15;1-12-11-19-17(21-14-7-3-2-4-8-14)22-16(12)20-15-9-5-6-13(18)10-15;1-7-6-14-11(12)16-10(7)15-9-4-2-3-8(13)5-9;7-5-2-1-3-6(8)4-5;7-6-4-2-1-3-5-6;1-3-2-8-5(7)9-4(3)6;1-2-5-3-4;;;;;;;/h3-13H,1H2,2H3,(H,22,26)(H2,21,23,24,25);2-11H,18H2,1H3,(H2,19,20,21,22);2-6H,13H2,1H3,(H,14,15,16);1-4H,7-8H2;1-5H,7H2;2H,1H3;2H,1,3H2;7*1H4. The SMILES string of the molecule is C.C.C.C.C.C.C.C=CC(=O)Nc1cccc(Nc2nc(Nc3ccccc3)ncc2C)c1.C=COCCl.Cc1cnc(Cl)nc1Cl.Cc1cnc(Cl)nc1Nc1cccc(N)c1.Cc1cnc(Nc2ccccc2)nc1Nc1cccc(N)c1.Nc1cccc(N)c1.Nc1ccccc1. The fraction of sp³-hybridized carbons (Fsp3) is 0.160. The molecule has 0 atom stereocenters. The quantitative estimate of drug-likeness (QED) is 0.0120. The number of nitrogens with one attached hydrogen (secondary N) is 6. The third kappa shape index (κ3) is 36.2.